The molecule has 0 aliphatic carbocycles. The van der Waals surface area contributed by atoms with Gasteiger partial charge in [-0.15, -0.1) is 0 Å². The summed E-state index contributed by atoms with van der Waals surface area (Å²) in [5.41, 5.74) is 2.47. The first-order chi connectivity index (χ1) is 11.6. The molecule has 2 N–H and O–H groups in total. The van der Waals surface area contributed by atoms with E-state index >= 15 is 0 Å². The van der Waals surface area contributed by atoms with E-state index in [0.717, 1.165) is 22.2 Å². The van der Waals surface area contributed by atoms with Crippen molar-refractivity contribution in [1.82, 2.24) is 15.3 Å². The molecule has 24 heavy (non-hydrogen) atoms. The molecule has 0 saturated heterocycles. The third-order valence-corrected chi connectivity index (χ3v) is 3.75. The Morgan fingerprint density at radius 2 is 2.08 bits per heavy atom. The molecule has 0 unspecified atom stereocenters. The first kappa shape index (κ1) is 15.7. The van der Waals surface area contributed by atoms with Gasteiger partial charge in [-0.1, -0.05) is 0 Å². The number of methoxy groups -OCH3 is 1. The van der Waals surface area contributed by atoms with Crippen LogP contribution in [0.1, 0.15) is 21.6 Å². The number of hydrogen-bond donors (Lipinski definition) is 2. The lowest BCUT2D eigenvalue weighted by molar-refractivity contribution is 0.0950. The van der Waals surface area contributed by atoms with Crippen molar-refractivity contribution < 1.29 is 9.53 Å². The monoisotopic (exact) mass is 323 g/mol. The van der Waals surface area contributed by atoms with Crippen molar-refractivity contribution in [3.63, 3.8) is 0 Å². The zero-order valence-electron chi connectivity index (χ0n) is 13.4. The summed E-state index contributed by atoms with van der Waals surface area (Å²) in [6, 6.07) is 10.5. The minimum atomic E-state index is -0.224. The molecule has 3 aromatic rings. The Hall–Kier alpha value is -3.15. The van der Waals surface area contributed by atoms with Crippen LogP contribution >= 0.6 is 0 Å². The van der Waals surface area contributed by atoms with E-state index in [-0.39, 0.29) is 18.0 Å². The molecular weight excluding hydrogens is 306 g/mol. The quantitative estimate of drug-likeness (QED) is 0.771. The standard InChI is InChI=1S/C18H17N3O3/c1-11-15(8-13-3-4-14(24-2)9-16(13)21-11)18(23)20-10-12-5-6-19-17(22)7-12/h3-9H,10H2,1-2H3,(H,19,22)(H,20,23). The van der Waals surface area contributed by atoms with E-state index in [9.17, 15) is 9.59 Å². The molecule has 122 valence electrons. The maximum absolute atomic E-state index is 12.4. The van der Waals surface area contributed by atoms with E-state index in [2.05, 4.69) is 15.3 Å². The number of amides is 1. The van der Waals surface area contributed by atoms with Crippen LogP contribution in [-0.2, 0) is 6.54 Å². The number of hydrogen-bond acceptors (Lipinski definition) is 4. The zero-order chi connectivity index (χ0) is 17.1. The fourth-order valence-electron chi connectivity index (χ4n) is 2.48. The Morgan fingerprint density at radius 3 is 2.83 bits per heavy atom. The van der Waals surface area contributed by atoms with E-state index in [0.29, 0.717) is 11.3 Å². The molecule has 3 rings (SSSR count). The highest BCUT2D eigenvalue weighted by molar-refractivity contribution is 5.98. The molecule has 0 radical (unpaired) electrons. The van der Waals surface area contributed by atoms with E-state index in [1.807, 2.05) is 24.3 Å². The molecule has 0 atom stereocenters. The number of aryl methyl sites for hydroxylation is 1. The summed E-state index contributed by atoms with van der Waals surface area (Å²) in [4.78, 5) is 30.7. The minimum Gasteiger partial charge on any atom is -0.497 e. The maximum atomic E-state index is 12.4. The smallest absolute Gasteiger partial charge is 0.253 e. The largest absolute Gasteiger partial charge is 0.497 e. The van der Waals surface area contributed by atoms with Crippen LogP contribution < -0.4 is 15.6 Å². The summed E-state index contributed by atoms with van der Waals surface area (Å²) in [5, 5.41) is 3.68. The van der Waals surface area contributed by atoms with E-state index < -0.39 is 0 Å². The predicted molar refractivity (Wildman–Crippen MR) is 91.3 cm³/mol. The van der Waals surface area contributed by atoms with Crippen molar-refractivity contribution in [2.24, 2.45) is 0 Å². The summed E-state index contributed by atoms with van der Waals surface area (Å²) < 4.78 is 5.19. The molecule has 2 heterocycles. The molecule has 6 heteroatoms. The average Bonchev–Trinajstić information content (AvgIpc) is 2.58. The fourth-order valence-corrected chi connectivity index (χ4v) is 2.48. The number of ether oxygens (including phenoxy) is 1. The van der Waals surface area contributed by atoms with Gasteiger partial charge in [0.15, 0.2) is 0 Å². The number of carbonyl (C=O) groups excluding carboxylic acids is 1. The topological polar surface area (TPSA) is 84.1 Å². The molecule has 0 aliphatic heterocycles. The summed E-state index contributed by atoms with van der Waals surface area (Å²) in [6.07, 6.45) is 1.56. The van der Waals surface area contributed by atoms with Gasteiger partial charge in [-0.25, -0.2) is 0 Å². The third kappa shape index (κ3) is 3.27. The molecule has 0 saturated carbocycles. The normalized spacial score (nSPS) is 10.6. The van der Waals surface area contributed by atoms with Crippen LogP contribution in [0.3, 0.4) is 0 Å². The summed E-state index contributed by atoms with van der Waals surface area (Å²) >= 11 is 0. The summed E-state index contributed by atoms with van der Waals surface area (Å²) in [5.74, 6) is 0.499. The molecule has 6 nitrogen and oxygen atoms in total. The molecule has 2 aromatic heterocycles. The van der Waals surface area contributed by atoms with Gasteiger partial charge >= 0.3 is 0 Å². The number of H-pyrrole nitrogens is 1. The Labute approximate surface area is 138 Å². The third-order valence-electron chi connectivity index (χ3n) is 3.75. The van der Waals surface area contributed by atoms with Crippen molar-refractivity contribution in [1.29, 1.82) is 0 Å². The van der Waals surface area contributed by atoms with Crippen LogP contribution in [0.15, 0.2) is 47.4 Å². The number of benzene rings is 1. The van der Waals surface area contributed by atoms with E-state index in [1.54, 1.807) is 26.3 Å². The van der Waals surface area contributed by atoms with Crippen molar-refractivity contribution >= 4 is 16.8 Å². The van der Waals surface area contributed by atoms with Crippen LogP contribution in [0.2, 0.25) is 0 Å². The van der Waals surface area contributed by atoms with Crippen LogP contribution in [0.25, 0.3) is 10.9 Å². The summed E-state index contributed by atoms with van der Waals surface area (Å²) in [6.45, 7) is 2.07. The molecular formula is C18H17N3O3. The lowest BCUT2D eigenvalue weighted by Crippen LogP contribution is -2.24. The number of pyridine rings is 2. The Morgan fingerprint density at radius 1 is 1.25 bits per heavy atom. The molecule has 1 aromatic carbocycles. The minimum absolute atomic E-state index is 0.195. The number of fused-ring (bicyclic) bond motifs is 1. The Kier molecular flexibility index (Phi) is 4.29. The molecule has 0 aliphatic rings. The van der Waals surface area contributed by atoms with Crippen molar-refractivity contribution in [3.05, 3.63) is 69.8 Å². The highest BCUT2D eigenvalue weighted by Gasteiger charge is 2.12. The lowest BCUT2D eigenvalue weighted by Gasteiger charge is -2.09. The van der Waals surface area contributed by atoms with Crippen LogP contribution in [0.5, 0.6) is 5.75 Å². The van der Waals surface area contributed by atoms with Gasteiger partial charge in [-0.05, 0) is 36.8 Å². The predicted octanol–water partition coefficient (Wildman–Crippen LogP) is 2.17. The van der Waals surface area contributed by atoms with Crippen LogP contribution in [-0.4, -0.2) is 23.0 Å². The molecule has 0 bridgehead atoms. The Balaban J connectivity index is 1.84. The maximum Gasteiger partial charge on any atom is 0.253 e. The van der Waals surface area contributed by atoms with Gasteiger partial charge in [-0.3, -0.25) is 14.6 Å². The van der Waals surface area contributed by atoms with E-state index in [1.165, 1.54) is 6.07 Å². The van der Waals surface area contributed by atoms with Gasteiger partial charge in [-0.2, -0.15) is 0 Å². The van der Waals surface area contributed by atoms with Gasteiger partial charge in [0.1, 0.15) is 5.75 Å². The second kappa shape index (κ2) is 6.54. The number of nitrogens with one attached hydrogen (secondary N) is 2. The Bertz CT molecular complexity index is 963. The van der Waals surface area contributed by atoms with Gasteiger partial charge in [0.25, 0.3) is 5.91 Å². The number of aromatic amines is 1. The number of aromatic nitrogens is 2. The first-order valence-corrected chi connectivity index (χ1v) is 7.48. The van der Waals surface area contributed by atoms with Crippen molar-refractivity contribution in [3.8, 4) is 5.75 Å². The van der Waals surface area contributed by atoms with Crippen molar-refractivity contribution in [2.45, 2.75) is 13.5 Å². The van der Waals surface area contributed by atoms with Crippen LogP contribution in [0, 0.1) is 6.92 Å². The van der Waals surface area contributed by atoms with E-state index in [4.69, 9.17) is 4.74 Å². The molecule has 0 fully saturated rings. The second-order valence-electron chi connectivity index (χ2n) is 5.42. The number of carbonyl (C=O) groups is 1. The fraction of sp³-hybridized carbons (Fsp3) is 0.167. The first-order valence-electron chi connectivity index (χ1n) is 7.48. The van der Waals surface area contributed by atoms with Gasteiger partial charge in [0.2, 0.25) is 5.56 Å². The highest BCUT2D eigenvalue weighted by atomic mass is 16.5. The van der Waals surface area contributed by atoms with Gasteiger partial charge < -0.3 is 15.0 Å². The van der Waals surface area contributed by atoms with Crippen molar-refractivity contribution in [2.75, 3.05) is 7.11 Å². The van der Waals surface area contributed by atoms with Gasteiger partial charge in [0.05, 0.1) is 23.9 Å². The number of nitrogens with zero attached hydrogens (tertiary/aromatic N) is 1. The summed E-state index contributed by atoms with van der Waals surface area (Å²) in [7, 11) is 1.60. The second-order valence-corrected chi connectivity index (χ2v) is 5.42. The molecule has 0 spiro atoms. The van der Waals surface area contributed by atoms with Gasteiger partial charge in [0, 0.05) is 30.3 Å². The van der Waals surface area contributed by atoms with Crippen LogP contribution in [0.4, 0.5) is 0 Å². The average molecular weight is 323 g/mol. The lowest BCUT2D eigenvalue weighted by atomic mass is 10.1. The highest BCUT2D eigenvalue weighted by Crippen LogP contribution is 2.21. The SMILES string of the molecule is COc1ccc2cc(C(=O)NCc3cc[nH]c(=O)c3)c(C)nc2c1. The number of rotatable bonds is 4. The zero-order valence-corrected chi connectivity index (χ0v) is 13.4. The molecule has 1 amide bonds.